The van der Waals surface area contributed by atoms with Crippen molar-refractivity contribution in [1.82, 2.24) is 10.3 Å². The summed E-state index contributed by atoms with van der Waals surface area (Å²) >= 11 is 0. The first kappa shape index (κ1) is 14.1. The van der Waals surface area contributed by atoms with Crippen LogP contribution in [0.1, 0.15) is 49.6 Å². The van der Waals surface area contributed by atoms with Gasteiger partial charge in [-0.05, 0) is 44.9 Å². The van der Waals surface area contributed by atoms with Crippen LogP contribution in [0.15, 0.2) is 28.8 Å². The summed E-state index contributed by atoms with van der Waals surface area (Å²) in [6, 6.07) is 6.51. The zero-order chi connectivity index (χ0) is 15.0. The molecule has 0 radical (unpaired) electrons. The third-order valence-electron chi connectivity index (χ3n) is 3.75. The van der Waals surface area contributed by atoms with Gasteiger partial charge in [-0.1, -0.05) is 12.1 Å². The molecule has 0 fully saturated rings. The molecule has 1 atom stereocenters. The average Bonchev–Trinajstić information content (AvgIpc) is 2.97. The molecule has 3 rings (SSSR count). The van der Waals surface area contributed by atoms with Crippen molar-refractivity contribution in [3.8, 4) is 5.75 Å². The molecule has 1 unspecified atom stereocenters. The highest BCUT2D eigenvalue weighted by molar-refractivity contribution is 5.41. The van der Waals surface area contributed by atoms with E-state index in [0.717, 1.165) is 30.4 Å². The van der Waals surface area contributed by atoms with Crippen molar-refractivity contribution in [2.45, 2.75) is 52.3 Å². The summed E-state index contributed by atoms with van der Waals surface area (Å²) in [6.07, 6.45) is 2.72. The summed E-state index contributed by atoms with van der Waals surface area (Å²) in [7, 11) is 0. The van der Waals surface area contributed by atoms with Crippen LogP contribution in [-0.2, 0) is 13.0 Å². The molecule has 0 spiro atoms. The molecule has 0 saturated carbocycles. The maximum atomic E-state index is 5.90. The van der Waals surface area contributed by atoms with E-state index in [2.05, 4.69) is 49.3 Å². The molecular weight excluding hydrogens is 264 g/mol. The van der Waals surface area contributed by atoms with Gasteiger partial charge in [0.2, 0.25) is 5.89 Å². The largest absolute Gasteiger partial charge is 0.487 e. The van der Waals surface area contributed by atoms with Gasteiger partial charge in [0.25, 0.3) is 0 Å². The first-order valence-corrected chi connectivity index (χ1v) is 7.39. The Morgan fingerprint density at radius 2 is 2.19 bits per heavy atom. The molecule has 112 valence electrons. The number of rotatable bonds is 4. The van der Waals surface area contributed by atoms with Gasteiger partial charge in [0, 0.05) is 13.0 Å². The number of nitrogens with zero attached hydrogens (tertiary/aromatic N) is 1. The summed E-state index contributed by atoms with van der Waals surface area (Å²) < 4.78 is 11.4. The average molecular weight is 286 g/mol. The number of benzene rings is 1. The SMILES string of the molecule is Cc1cnc(C(C)NCc2ccc3c(c2)CC(C)(C)O3)o1. The van der Waals surface area contributed by atoms with E-state index in [4.69, 9.17) is 9.15 Å². The number of oxazole rings is 1. The van der Waals surface area contributed by atoms with E-state index in [1.54, 1.807) is 6.20 Å². The number of hydrogen-bond acceptors (Lipinski definition) is 4. The van der Waals surface area contributed by atoms with Gasteiger partial charge in [-0.2, -0.15) is 0 Å². The molecule has 21 heavy (non-hydrogen) atoms. The third kappa shape index (κ3) is 3.10. The highest BCUT2D eigenvalue weighted by Gasteiger charge is 2.29. The molecule has 1 aromatic carbocycles. The molecular formula is C17H22N2O2. The Bertz CT molecular complexity index is 646. The number of hydrogen-bond donors (Lipinski definition) is 1. The van der Waals surface area contributed by atoms with Gasteiger partial charge in [0.05, 0.1) is 12.2 Å². The van der Waals surface area contributed by atoms with Crippen LogP contribution in [-0.4, -0.2) is 10.6 Å². The van der Waals surface area contributed by atoms with Crippen molar-refractivity contribution in [3.63, 3.8) is 0 Å². The molecule has 2 heterocycles. The van der Waals surface area contributed by atoms with Gasteiger partial charge in [0.15, 0.2) is 0 Å². The summed E-state index contributed by atoms with van der Waals surface area (Å²) in [5.41, 5.74) is 2.46. The Morgan fingerprint density at radius 1 is 1.38 bits per heavy atom. The quantitative estimate of drug-likeness (QED) is 0.933. The number of aromatic nitrogens is 1. The van der Waals surface area contributed by atoms with E-state index >= 15 is 0 Å². The summed E-state index contributed by atoms with van der Waals surface area (Å²) in [6.45, 7) is 9.00. The molecule has 4 heteroatoms. The smallest absolute Gasteiger partial charge is 0.211 e. The van der Waals surface area contributed by atoms with Crippen molar-refractivity contribution in [1.29, 1.82) is 0 Å². The topological polar surface area (TPSA) is 47.3 Å². The zero-order valence-corrected chi connectivity index (χ0v) is 13.1. The van der Waals surface area contributed by atoms with E-state index in [1.807, 2.05) is 6.92 Å². The van der Waals surface area contributed by atoms with E-state index in [1.165, 1.54) is 11.1 Å². The fourth-order valence-electron chi connectivity index (χ4n) is 2.70. The summed E-state index contributed by atoms with van der Waals surface area (Å²) in [5, 5.41) is 3.44. The molecule has 0 bridgehead atoms. The maximum absolute atomic E-state index is 5.90. The van der Waals surface area contributed by atoms with Crippen molar-refractivity contribution in [2.75, 3.05) is 0 Å². The van der Waals surface area contributed by atoms with Crippen LogP contribution < -0.4 is 10.1 Å². The molecule has 0 amide bonds. The van der Waals surface area contributed by atoms with Crippen LogP contribution in [0, 0.1) is 6.92 Å². The Hall–Kier alpha value is -1.81. The second-order valence-electron chi connectivity index (χ2n) is 6.39. The highest BCUT2D eigenvalue weighted by atomic mass is 16.5. The van der Waals surface area contributed by atoms with Crippen LogP contribution in [0.5, 0.6) is 5.75 Å². The molecule has 1 N–H and O–H groups in total. The van der Waals surface area contributed by atoms with Crippen LogP contribution >= 0.6 is 0 Å². The monoisotopic (exact) mass is 286 g/mol. The second kappa shape index (κ2) is 5.19. The first-order chi connectivity index (χ1) is 9.93. The van der Waals surface area contributed by atoms with E-state index in [0.29, 0.717) is 0 Å². The minimum Gasteiger partial charge on any atom is -0.487 e. The number of aryl methyl sites for hydroxylation is 1. The van der Waals surface area contributed by atoms with Gasteiger partial charge in [0.1, 0.15) is 17.1 Å². The predicted molar refractivity (Wildman–Crippen MR) is 81.3 cm³/mol. The van der Waals surface area contributed by atoms with Gasteiger partial charge < -0.3 is 14.5 Å². The standard InChI is InChI=1S/C17H22N2O2/c1-11-9-19-16(20-11)12(2)18-10-13-5-6-15-14(7-13)8-17(3,4)21-15/h5-7,9,12,18H,8,10H2,1-4H3. The molecule has 1 aliphatic rings. The molecule has 1 aromatic heterocycles. The molecule has 0 aliphatic carbocycles. The van der Waals surface area contributed by atoms with E-state index in [-0.39, 0.29) is 11.6 Å². The second-order valence-corrected chi connectivity index (χ2v) is 6.39. The van der Waals surface area contributed by atoms with Gasteiger partial charge in [-0.15, -0.1) is 0 Å². The summed E-state index contributed by atoms with van der Waals surface area (Å²) in [4.78, 5) is 4.26. The molecule has 4 nitrogen and oxygen atoms in total. The Balaban J connectivity index is 1.64. The fraction of sp³-hybridized carbons (Fsp3) is 0.471. The Kier molecular flexibility index (Phi) is 3.49. The lowest BCUT2D eigenvalue weighted by atomic mass is 10.0. The van der Waals surface area contributed by atoms with Crippen molar-refractivity contribution >= 4 is 0 Å². The number of nitrogens with one attached hydrogen (secondary N) is 1. The van der Waals surface area contributed by atoms with Gasteiger partial charge >= 0.3 is 0 Å². The van der Waals surface area contributed by atoms with Crippen molar-refractivity contribution in [2.24, 2.45) is 0 Å². The number of ether oxygens (including phenoxy) is 1. The maximum Gasteiger partial charge on any atom is 0.211 e. The molecule has 1 aliphatic heterocycles. The highest BCUT2D eigenvalue weighted by Crippen LogP contribution is 2.35. The summed E-state index contributed by atoms with van der Waals surface area (Å²) in [5.74, 6) is 2.59. The first-order valence-electron chi connectivity index (χ1n) is 7.39. The lowest BCUT2D eigenvalue weighted by Crippen LogP contribution is -2.24. The van der Waals surface area contributed by atoms with E-state index in [9.17, 15) is 0 Å². The zero-order valence-electron chi connectivity index (χ0n) is 13.1. The lowest BCUT2D eigenvalue weighted by molar-refractivity contribution is 0.138. The Labute approximate surface area is 125 Å². The predicted octanol–water partition coefficient (Wildman–Crippen LogP) is 3.55. The van der Waals surface area contributed by atoms with Crippen LogP contribution in [0.2, 0.25) is 0 Å². The van der Waals surface area contributed by atoms with E-state index < -0.39 is 0 Å². The van der Waals surface area contributed by atoms with Crippen molar-refractivity contribution in [3.05, 3.63) is 47.2 Å². The van der Waals surface area contributed by atoms with Gasteiger partial charge in [-0.3, -0.25) is 0 Å². The minimum atomic E-state index is -0.0860. The molecule has 0 saturated heterocycles. The normalized spacial score (nSPS) is 17.3. The van der Waals surface area contributed by atoms with Gasteiger partial charge in [-0.25, -0.2) is 4.98 Å². The van der Waals surface area contributed by atoms with Crippen LogP contribution in [0.4, 0.5) is 0 Å². The van der Waals surface area contributed by atoms with Crippen LogP contribution in [0.25, 0.3) is 0 Å². The minimum absolute atomic E-state index is 0.0860. The third-order valence-corrected chi connectivity index (χ3v) is 3.75. The van der Waals surface area contributed by atoms with Crippen LogP contribution in [0.3, 0.4) is 0 Å². The van der Waals surface area contributed by atoms with Crippen molar-refractivity contribution < 1.29 is 9.15 Å². The number of fused-ring (bicyclic) bond motifs is 1. The molecule has 2 aromatic rings. The lowest BCUT2D eigenvalue weighted by Gasteiger charge is -2.16. The Morgan fingerprint density at radius 3 is 2.90 bits per heavy atom. The fourth-order valence-corrected chi connectivity index (χ4v) is 2.70.